The highest BCUT2D eigenvalue weighted by Crippen LogP contribution is 2.27. The smallest absolute Gasteiger partial charge is 0.0825 e. The van der Waals surface area contributed by atoms with E-state index in [2.05, 4.69) is 6.07 Å². The van der Waals surface area contributed by atoms with E-state index in [1.165, 1.54) is 0 Å². The van der Waals surface area contributed by atoms with Gasteiger partial charge in [0.25, 0.3) is 0 Å². The molecule has 1 heterocycles. The maximum Gasteiger partial charge on any atom is 0.0825 e. The third-order valence-corrected chi connectivity index (χ3v) is 1.44. The minimum absolute atomic E-state index is 0.193. The lowest BCUT2D eigenvalue weighted by atomic mass is 9.90. The first-order chi connectivity index (χ1) is 4.14. The van der Waals surface area contributed by atoms with Crippen molar-refractivity contribution in [2.24, 2.45) is 5.41 Å². The van der Waals surface area contributed by atoms with Gasteiger partial charge < -0.3 is 4.74 Å². The van der Waals surface area contributed by atoms with Crippen molar-refractivity contribution in [2.75, 3.05) is 6.61 Å². The van der Waals surface area contributed by atoms with E-state index < -0.39 is 0 Å². The minimum Gasteiger partial charge on any atom is -0.373 e. The van der Waals surface area contributed by atoms with E-state index in [9.17, 15) is 0 Å². The fraction of sp³-hybridized carbons (Fsp3) is 0.857. The van der Waals surface area contributed by atoms with Crippen molar-refractivity contribution in [1.82, 2.24) is 0 Å². The van der Waals surface area contributed by atoms with Crippen LogP contribution in [0.5, 0.6) is 0 Å². The average molecular weight is 125 g/mol. The molecule has 0 spiro atoms. The summed E-state index contributed by atoms with van der Waals surface area (Å²) in [6.45, 7) is 4.73. The van der Waals surface area contributed by atoms with E-state index in [4.69, 9.17) is 10.00 Å². The predicted molar refractivity (Wildman–Crippen MR) is 33.8 cm³/mol. The molecule has 50 valence electrons. The molecule has 2 nitrogen and oxygen atoms in total. The summed E-state index contributed by atoms with van der Waals surface area (Å²) in [4.78, 5) is 0. The molecule has 0 radical (unpaired) electrons. The molecule has 0 saturated carbocycles. The molecule has 0 aliphatic carbocycles. The van der Waals surface area contributed by atoms with E-state index in [1.807, 2.05) is 13.8 Å². The molecule has 9 heavy (non-hydrogen) atoms. The highest BCUT2D eigenvalue weighted by molar-refractivity contribution is 4.95. The molecule has 1 saturated heterocycles. The van der Waals surface area contributed by atoms with Gasteiger partial charge in [-0.3, -0.25) is 0 Å². The van der Waals surface area contributed by atoms with Crippen LogP contribution in [0, 0.1) is 16.7 Å². The number of nitrogens with zero attached hydrogens (tertiary/aromatic N) is 1. The number of rotatable bonds is 2. The first-order valence-electron chi connectivity index (χ1n) is 3.17. The summed E-state index contributed by atoms with van der Waals surface area (Å²) >= 11 is 0. The molecule has 1 fully saturated rings. The maximum atomic E-state index is 8.57. The summed E-state index contributed by atoms with van der Waals surface area (Å²) in [6.07, 6.45) is 1.25. The van der Waals surface area contributed by atoms with Crippen LogP contribution in [0.1, 0.15) is 20.3 Å². The fourth-order valence-electron chi connectivity index (χ4n) is 0.801. The van der Waals surface area contributed by atoms with Crippen molar-refractivity contribution in [3.05, 3.63) is 0 Å². The van der Waals surface area contributed by atoms with Gasteiger partial charge in [-0.25, -0.2) is 0 Å². The van der Waals surface area contributed by atoms with E-state index in [0.29, 0.717) is 6.10 Å². The molecule has 0 unspecified atom stereocenters. The minimum atomic E-state index is -0.193. The number of hydrogen-bond donors (Lipinski definition) is 0. The van der Waals surface area contributed by atoms with Gasteiger partial charge in [0.2, 0.25) is 0 Å². The Labute approximate surface area is 55.4 Å². The lowest BCUT2D eigenvalue weighted by Crippen LogP contribution is -2.10. The van der Waals surface area contributed by atoms with Crippen molar-refractivity contribution in [3.8, 4) is 6.07 Å². The Hall–Kier alpha value is -0.550. The van der Waals surface area contributed by atoms with Crippen molar-refractivity contribution in [3.63, 3.8) is 0 Å². The lowest BCUT2D eigenvalue weighted by Gasteiger charge is -2.11. The summed E-state index contributed by atoms with van der Waals surface area (Å²) < 4.78 is 5.00. The number of epoxide rings is 1. The molecule has 1 aliphatic heterocycles. The lowest BCUT2D eigenvalue weighted by molar-refractivity contribution is 0.333. The summed E-state index contributed by atoms with van der Waals surface area (Å²) in [5.74, 6) is 0. The van der Waals surface area contributed by atoms with Crippen molar-refractivity contribution < 1.29 is 4.74 Å². The quantitative estimate of drug-likeness (QED) is 0.522. The summed E-state index contributed by atoms with van der Waals surface area (Å²) in [5, 5.41) is 8.57. The SMILES string of the molecule is CC(C)(C#N)C[C@@H]1CO1. The van der Waals surface area contributed by atoms with Gasteiger partial charge in [-0.1, -0.05) is 0 Å². The van der Waals surface area contributed by atoms with Crippen molar-refractivity contribution in [2.45, 2.75) is 26.4 Å². The van der Waals surface area contributed by atoms with Crippen LogP contribution in [-0.2, 0) is 4.74 Å². The van der Waals surface area contributed by atoms with E-state index in [0.717, 1.165) is 13.0 Å². The van der Waals surface area contributed by atoms with E-state index in [-0.39, 0.29) is 5.41 Å². The topological polar surface area (TPSA) is 36.3 Å². The van der Waals surface area contributed by atoms with Gasteiger partial charge in [-0.05, 0) is 20.3 Å². The predicted octanol–water partition coefficient (Wildman–Crippen LogP) is 1.33. The Kier molecular flexibility index (Phi) is 1.46. The zero-order valence-corrected chi connectivity index (χ0v) is 5.85. The van der Waals surface area contributed by atoms with E-state index >= 15 is 0 Å². The van der Waals surface area contributed by atoms with Gasteiger partial charge in [0.05, 0.1) is 24.2 Å². The molecule has 1 rings (SSSR count). The molecule has 0 amide bonds. The van der Waals surface area contributed by atoms with Crippen LogP contribution in [0.25, 0.3) is 0 Å². The monoisotopic (exact) mass is 125 g/mol. The molecule has 1 aliphatic rings. The van der Waals surface area contributed by atoms with Crippen LogP contribution in [-0.4, -0.2) is 12.7 Å². The van der Waals surface area contributed by atoms with Crippen LogP contribution in [0.3, 0.4) is 0 Å². The normalized spacial score (nSPS) is 25.2. The first-order valence-corrected chi connectivity index (χ1v) is 3.17. The van der Waals surface area contributed by atoms with Gasteiger partial charge in [0.15, 0.2) is 0 Å². The summed E-state index contributed by atoms with van der Waals surface area (Å²) in [6, 6.07) is 2.23. The Balaban J connectivity index is 2.32. The van der Waals surface area contributed by atoms with Gasteiger partial charge >= 0.3 is 0 Å². The molecule has 2 heteroatoms. The third-order valence-electron chi connectivity index (χ3n) is 1.44. The van der Waals surface area contributed by atoms with Gasteiger partial charge in [-0.2, -0.15) is 5.26 Å². The fourth-order valence-corrected chi connectivity index (χ4v) is 0.801. The number of hydrogen-bond acceptors (Lipinski definition) is 2. The highest BCUT2D eigenvalue weighted by Gasteiger charge is 2.30. The highest BCUT2D eigenvalue weighted by atomic mass is 16.6. The summed E-state index contributed by atoms with van der Waals surface area (Å²) in [7, 11) is 0. The Bertz CT molecular complexity index is 141. The van der Waals surface area contributed by atoms with Crippen LogP contribution in [0.15, 0.2) is 0 Å². The van der Waals surface area contributed by atoms with E-state index in [1.54, 1.807) is 0 Å². The Morgan fingerprint density at radius 2 is 2.33 bits per heavy atom. The average Bonchev–Trinajstić information content (AvgIpc) is 2.50. The van der Waals surface area contributed by atoms with Crippen LogP contribution >= 0.6 is 0 Å². The van der Waals surface area contributed by atoms with Gasteiger partial charge in [0, 0.05) is 0 Å². The van der Waals surface area contributed by atoms with Crippen LogP contribution < -0.4 is 0 Å². The number of ether oxygens (including phenoxy) is 1. The molecular formula is C7H11NO. The summed E-state index contributed by atoms with van der Waals surface area (Å²) in [5.41, 5.74) is -0.193. The molecule has 0 aromatic rings. The van der Waals surface area contributed by atoms with Crippen LogP contribution in [0.2, 0.25) is 0 Å². The molecule has 0 bridgehead atoms. The Morgan fingerprint density at radius 3 is 2.67 bits per heavy atom. The Morgan fingerprint density at radius 1 is 1.78 bits per heavy atom. The van der Waals surface area contributed by atoms with Crippen LogP contribution in [0.4, 0.5) is 0 Å². The molecule has 1 atom stereocenters. The molecular weight excluding hydrogens is 114 g/mol. The second-order valence-corrected chi connectivity index (χ2v) is 3.16. The zero-order valence-electron chi connectivity index (χ0n) is 5.85. The first kappa shape index (κ1) is 6.57. The second-order valence-electron chi connectivity index (χ2n) is 3.16. The zero-order chi connectivity index (χ0) is 6.91. The second kappa shape index (κ2) is 2.00. The van der Waals surface area contributed by atoms with Crippen molar-refractivity contribution >= 4 is 0 Å². The molecule has 0 aromatic carbocycles. The maximum absolute atomic E-state index is 8.57. The third kappa shape index (κ3) is 2.03. The van der Waals surface area contributed by atoms with Gasteiger partial charge in [-0.15, -0.1) is 0 Å². The molecule has 0 aromatic heterocycles. The number of nitriles is 1. The molecule has 0 N–H and O–H groups in total. The van der Waals surface area contributed by atoms with Crippen molar-refractivity contribution in [1.29, 1.82) is 5.26 Å². The van der Waals surface area contributed by atoms with Gasteiger partial charge in [0.1, 0.15) is 0 Å². The standard InChI is InChI=1S/C7H11NO/c1-7(2,5-8)3-6-4-9-6/h6H,3-4H2,1-2H3/t6-/m1/s1. The largest absolute Gasteiger partial charge is 0.373 e.